The van der Waals surface area contributed by atoms with Gasteiger partial charge in [-0.2, -0.15) is 39.5 Å². The molecule has 1 fully saturated rings. The van der Waals surface area contributed by atoms with Gasteiger partial charge in [0.05, 0.1) is 16.7 Å². The first-order chi connectivity index (χ1) is 21.8. The third-order valence-electron chi connectivity index (χ3n) is 8.00. The number of hydrogen-bond acceptors (Lipinski definition) is 7. The number of hydrogen-bond donors (Lipinski definition) is 3. The molecule has 4 rings (SSSR count). The Morgan fingerprint density at radius 2 is 1.43 bits per heavy atom. The molecule has 262 valence electrons. The topological polar surface area (TPSA) is 83.4 Å². The van der Waals surface area contributed by atoms with Gasteiger partial charge >= 0.3 is 18.5 Å². The van der Waals surface area contributed by atoms with Crippen LogP contribution in [0.4, 0.5) is 45.2 Å². The molecule has 0 spiro atoms. The summed E-state index contributed by atoms with van der Waals surface area (Å²) in [6.45, 7) is 4.09. The lowest BCUT2D eigenvalue weighted by Crippen LogP contribution is -2.44. The molecular formula is C30H37F9N6O2. The zero-order chi connectivity index (χ0) is 35.2. The fourth-order valence-electron chi connectivity index (χ4n) is 5.62. The Morgan fingerprint density at radius 3 is 1.89 bits per heavy atom. The largest absolute Gasteiger partial charge is 0.483 e. The van der Waals surface area contributed by atoms with E-state index in [9.17, 15) is 39.5 Å². The van der Waals surface area contributed by atoms with Gasteiger partial charge in [-0.15, -0.1) is 10.2 Å². The molecule has 1 heterocycles. The highest BCUT2D eigenvalue weighted by Crippen LogP contribution is 2.38. The second-order valence-corrected chi connectivity index (χ2v) is 11.6. The first-order valence-electron chi connectivity index (χ1n) is 14.8. The Bertz CT molecular complexity index is 1340. The second-order valence-electron chi connectivity index (χ2n) is 11.6. The zero-order valence-corrected chi connectivity index (χ0v) is 25.9. The second kappa shape index (κ2) is 15.3. The molecule has 1 aliphatic carbocycles. The molecule has 47 heavy (non-hydrogen) atoms. The summed E-state index contributed by atoms with van der Waals surface area (Å²) < 4.78 is 123. The Morgan fingerprint density at radius 1 is 0.872 bits per heavy atom. The van der Waals surface area contributed by atoms with Crippen molar-refractivity contribution < 1.29 is 49.4 Å². The normalized spacial score (nSPS) is 18.8. The molecular weight excluding hydrogens is 647 g/mol. The maximum Gasteiger partial charge on any atom is 0.416 e. The van der Waals surface area contributed by atoms with Crippen LogP contribution in [0.3, 0.4) is 0 Å². The smallest absolute Gasteiger partial charge is 0.416 e. The van der Waals surface area contributed by atoms with E-state index in [1.54, 1.807) is 0 Å². The fraction of sp³-hybridized carbons (Fsp3) is 0.533. The number of benzene rings is 2. The molecule has 8 nitrogen and oxygen atoms in total. The van der Waals surface area contributed by atoms with E-state index < -0.39 is 41.8 Å². The number of carboxylic acid groups (broad SMARTS) is 1. The van der Waals surface area contributed by atoms with Crippen molar-refractivity contribution in [3.63, 3.8) is 0 Å². The van der Waals surface area contributed by atoms with Crippen LogP contribution in [-0.4, -0.2) is 47.7 Å². The Hall–Kier alpha value is -3.89. The van der Waals surface area contributed by atoms with Gasteiger partial charge in [0.25, 0.3) is 6.47 Å². The quantitative estimate of drug-likeness (QED) is 0.199. The molecule has 0 atom stereocenters. The fourth-order valence-corrected chi connectivity index (χ4v) is 5.62. The zero-order valence-electron chi connectivity index (χ0n) is 25.9. The van der Waals surface area contributed by atoms with Crippen molar-refractivity contribution in [2.24, 2.45) is 16.9 Å². The van der Waals surface area contributed by atoms with Crippen LogP contribution in [0.25, 0.3) is 0 Å². The van der Waals surface area contributed by atoms with Crippen molar-refractivity contribution >= 4 is 18.1 Å². The van der Waals surface area contributed by atoms with Crippen molar-refractivity contribution in [1.82, 2.24) is 21.0 Å². The Kier molecular flexibility index (Phi) is 12.3. The summed E-state index contributed by atoms with van der Waals surface area (Å²) in [4.78, 5) is 11.6. The SMILES string of the molecule is CCN(CC1CCC(C)CC1)c1ccc(C(F)(F)F)cc1CN(Cc1cc(C(F)(F)F)cc(C(F)(F)F)c1)C1=NNN(C)N1.O=CO. The van der Waals surface area contributed by atoms with Crippen LogP contribution < -0.4 is 15.9 Å². The number of hydrazine groups is 2. The van der Waals surface area contributed by atoms with Crippen molar-refractivity contribution in [1.29, 1.82) is 0 Å². The highest BCUT2D eigenvalue weighted by molar-refractivity contribution is 5.80. The van der Waals surface area contributed by atoms with Gasteiger partial charge in [-0.1, -0.05) is 19.8 Å². The number of nitrogens with one attached hydrogen (secondary N) is 2. The lowest BCUT2D eigenvalue weighted by atomic mass is 9.82. The summed E-state index contributed by atoms with van der Waals surface area (Å²) in [5, 5.41) is 12.2. The lowest BCUT2D eigenvalue weighted by Gasteiger charge is -2.34. The summed E-state index contributed by atoms with van der Waals surface area (Å²) in [5.74, 6) is 0.949. The number of rotatable bonds is 8. The molecule has 0 aromatic heterocycles. The number of carbonyl (C=O) groups is 1. The maximum atomic E-state index is 13.8. The monoisotopic (exact) mass is 684 g/mol. The molecule has 2 aromatic rings. The summed E-state index contributed by atoms with van der Waals surface area (Å²) in [7, 11) is 1.51. The summed E-state index contributed by atoms with van der Waals surface area (Å²) in [6.07, 6.45) is -10.7. The van der Waals surface area contributed by atoms with Gasteiger partial charge in [0, 0.05) is 38.9 Å². The molecule has 2 aliphatic rings. The van der Waals surface area contributed by atoms with Gasteiger partial charge in [0.2, 0.25) is 5.96 Å². The van der Waals surface area contributed by atoms with Crippen LogP contribution in [0.5, 0.6) is 0 Å². The molecule has 0 bridgehead atoms. The van der Waals surface area contributed by atoms with Crippen LogP contribution in [0.1, 0.15) is 67.3 Å². The van der Waals surface area contributed by atoms with Crippen LogP contribution in [0.15, 0.2) is 41.5 Å². The number of halogens is 9. The van der Waals surface area contributed by atoms with Crippen LogP contribution in [-0.2, 0) is 36.4 Å². The third kappa shape index (κ3) is 10.6. The predicted octanol–water partition coefficient (Wildman–Crippen LogP) is 7.32. The van der Waals surface area contributed by atoms with E-state index in [0.29, 0.717) is 42.7 Å². The van der Waals surface area contributed by atoms with E-state index in [4.69, 9.17) is 9.90 Å². The van der Waals surface area contributed by atoms with Gasteiger partial charge < -0.3 is 14.9 Å². The Balaban J connectivity index is 0.00000192. The minimum Gasteiger partial charge on any atom is -0.483 e. The molecule has 0 unspecified atom stereocenters. The minimum absolute atomic E-state index is 0.00569. The van der Waals surface area contributed by atoms with E-state index in [-0.39, 0.29) is 36.2 Å². The predicted molar refractivity (Wildman–Crippen MR) is 156 cm³/mol. The molecule has 1 saturated carbocycles. The van der Waals surface area contributed by atoms with Crippen molar-refractivity contribution in [3.05, 3.63) is 64.2 Å². The highest BCUT2D eigenvalue weighted by atomic mass is 19.4. The van der Waals surface area contributed by atoms with Crippen molar-refractivity contribution in [3.8, 4) is 0 Å². The van der Waals surface area contributed by atoms with E-state index >= 15 is 0 Å². The molecule has 0 radical (unpaired) electrons. The van der Waals surface area contributed by atoms with Crippen LogP contribution in [0.2, 0.25) is 0 Å². The lowest BCUT2D eigenvalue weighted by molar-refractivity contribution is -0.143. The summed E-state index contributed by atoms with van der Waals surface area (Å²) in [5.41, 5.74) is 1.79. The molecule has 1 aliphatic heterocycles. The van der Waals surface area contributed by atoms with E-state index in [2.05, 4.69) is 23.0 Å². The number of anilines is 1. The van der Waals surface area contributed by atoms with Gasteiger partial charge in [-0.3, -0.25) is 10.2 Å². The third-order valence-corrected chi connectivity index (χ3v) is 8.00. The summed E-state index contributed by atoms with van der Waals surface area (Å²) >= 11 is 0. The van der Waals surface area contributed by atoms with Gasteiger partial charge in [-0.25, -0.2) is 5.53 Å². The van der Waals surface area contributed by atoms with E-state index in [1.807, 2.05) is 11.8 Å². The number of guanidine groups is 1. The summed E-state index contributed by atoms with van der Waals surface area (Å²) in [6, 6.07) is 4.58. The van der Waals surface area contributed by atoms with E-state index in [1.165, 1.54) is 23.1 Å². The van der Waals surface area contributed by atoms with Crippen LogP contribution in [0, 0.1) is 11.8 Å². The molecule has 2 aromatic carbocycles. The number of nitrogens with zero attached hydrogens (tertiary/aromatic N) is 4. The molecule has 0 saturated heterocycles. The van der Waals surface area contributed by atoms with Gasteiger partial charge in [-0.05, 0) is 79.1 Å². The first kappa shape index (κ1) is 37.6. The minimum atomic E-state index is -5.06. The first-order valence-corrected chi connectivity index (χ1v) is 14.8. The average molecular weight is 685 g/mol. The molecule has 17 heteroatoms. The standard InChI is InChI=1S/C29H35F9N6.CH2O2/c1-4-43(15-19-7-5-18(2)6-8-19)25-10-9-22(27(30,31)32)13-21(25)17-44(26-39-41-42(3)40-26)16-20-11-23(28(33,34)35)14-24(12-20)29(36,37)38;2-1-3/h9-14,18-19,41H,4-8,15-17H2,1-3H3,(H,39,40);1H,(H,2,3). The number of alkyl halides is 9. The number of hydrazone groups is 1. The molecule has 3 N–H and O–H groups in total. The van der Waals surface area contributed by atoms with E-state index in [0.717, 1.165) is 37.8 Å². The maximum absolute atomic E-state index is 13.8. The molecule has 0 amide bonds. The van der Waals surface area contributed by atoms with Gasteiger partial charge in [0.1, 0.15) is 0 Å². The van der Waals surface area contributed by atoms with Gasteiger partial charge in [0.15, 0.2) is 0 Å². The highest BCUT2D eigenvalue weighted by Gasteiger charge is 2.37. The van der Waals surface area contributed by atoms with Crippen molar-refractivity contribution in [2.75, 3.05) is 25.0 Å². The average Bonchev–Trinajstić information content (AvgIpc) is 3.41. The van der Waals surface area contributed by atoms with Crippen molar-refractivity contribution in [2.45, 2.75) is 71.1 Å². The Labute approximate surface area is 266 Å². The van der Waals surface area contributed by atoms with Crippen LogP contribution >= 0.6 is 0 Å².